The number of halogens is 2. The van der Waals surface area contributed by atoms with Crippen molar-refractivity contribution >= 4 is 17.5 Å². The molecule has 1 unspecified atom stereocenters. The summed E-state index contributed by atoms with van der Waals surface area (Å²) in [5.41, 5.74) is 0.322. The quantitative estimate of drug-likeness (QED) is 0.860. The fourth-order valence-corrected chi connectivity index (χ4v) is 3.59. The minimum absolute atomic E-state index is 0.238. The fraction of sp³-hybridized carbons (Fsp3) is 0.412. The number of imidazole rings is 1. The summed E-state index contributed by atoms with van der Waals surface area (Å²) in [5.74, 6) is 0.613. The molecule has 0 radical (unpaired) electrons. The van der Waals surface area contributed by atoms with Crippen LogP contribution in [0.5, 0.6) is 0 Å². The highest BCUT2D eigenvalue weighted by atomic mass is 35.5. The Balaban J connectivity index is 1.57. The molecule has 1 aliphatic carbocycles. The molecule has 0 bridgehead atoms. The second kappa shape index (κ2) is 5.64. The third kappa shape index (κ3) is 2.74. The van der Waals surface area contributed by atoms with E-state index in [1.54, 1.807) is 18.3 Å². The van der Waals surface area contributed by atoms with Crippen molar-refractivity contribution in [3.63, 3.8) is 0 Å². The summed E-state index contributed by atoms with van der Waals surface area (Å²) in [6.07, 6.45) is 6.27. The van der Waals surface area contributed by atoms with Crippen LogP contribution in [0.3, 0.4) is 0 Å². The molecule has 1 aromatic carbocycles. The number of carbonyl (C=O) groups is 1. The van der Waals surface area contributed by atoms with Crippen LogP contribution in [0.15, 0.2) is 30.6 Å². The lowest BCUT2D eigenvalue weighted by Gasteiger charge is -2.16. The van der Waals surface area contributed by atoms with Gasteiger partial charge in [0.15, 0.2) is 0 Å². The van der Waals surface area contributed by atoms with Crippen molar-refractivity contribution in [1.29, 1.82) is 0 Å². The van der Waals surface area contributed by atoms with Gasteiger partial charge in [-0.1, -0.05) is 17.7 Å². The molecule has 1 atom stereocenters. The number of benzene rings is 1. The van der Waals surface area contributed by atoms with Crippen LogP contribution in [0, 0.1) is 11.7 Å². The average molecular weight is 334 g/mol. The van der Waals surface area contributed by atoms with Gasteiger partial charge in [0.1, 0.15) is 11.6 Å². The lowest BCUT2D eigenvalue weighted by atomic mass is 10.1. The predicted molar refractivity (Wildman–Crippen MR) is 85.5 cm³/mol. The van der Waals surface area contributed by atoms with E-state index in [0.29, 0.717) is 35.4 Å². The molecule has 4 rings (SSSR count). The standard InChI is InChI=1S/C17H17ClFN3O/c18-13-2-1-3-14(19)16(13)17-20-6-7-21(17)9-11-8-15(23)22(10-11)12-4-5-12/h1-3,6-7,11-12H,4-5,8-10H2. The molecular formula is C17H17ClFN3O. The first-order chi connectivity index (χ1) is 11.1. The Kier molecular flexibility index (Phi) is 3.60. The molecule has 1 aromatic heterocycles. The Morgan fingerprint density at radius 2 is 2.17 bits per heavy atom. The van der Waals surface area contributed by atoms with E-state index in [4.69, 9.17) is 11.6 Å². The van der Waals surface area contributed by atoms with Crippen LogP contribution >= 0.6 is 11.6 Å². The molecule has 1 amide bonds. The number of hydrogen-bond donors (Lipinski definition) is 0. The van der Waals surface area contributed by atoms with Crippen molar-refractivity contribution in [2.75, 3.05) is 6.54 Å². The van der Waals surface area contributed by atoms with Crippen molar-refractivity contribution in [3.8, 4) is 11.4 Å². The molecule has 120 valence electrons. The zero-order valence-corrected chi connectivity index (χ0v) is 13.3. The zero-order valence-electron chi connectivity index (χ0n) is 12.6. The number of nitrogens with zero attached hydrogens (tertiary/aromatic N) is 3. The van der Waals surface area contributed by atoms with Crippen molar-refractivity contribution < 1.29 is 9.18 Å². The molecule has 23 heavy (non-hydrogen) atoms. The summed E-state index contributed by atoms with van der Waals surface area (Å²) in [4.78, 5) is 18.4. The molecule has 0 N–H and O–H groups in total. The zero-order chi connectivity index (χ0) is 16.0. The van der Waals surface area contributed by atoms with Crippen LogP contribution in [0.4, 0.5) is 4.39 Å². The second-order valence-corrected chi connectivity index (χ2v) is 6.75. The van der Waals surface area contributed by atoms with Gasteiger partial charge in [-0.05, 0) is 25.0 Å². The van der Waals surface area contributed by atoms with Gasteiger partial charge in [-0.3, -0.25) is 4.79 Å². The number of carbonyl (C=O) groups excluding carboxylic acids is 1. The van der Waals surface area contributed by atoms with Gasteiger partial charge in [-0.2, -0.15) is 0 Å². The van der Waals surface area contributed by atoms with E-state index in [1.807, 2.05) is 15.7 Å². The van der Waals surface area contributed by atoms with Crippen molar-refractivity contribution in [3.05, 3.63) is 41.4 Å². The molecule has 2 aromatic rings. The normalized spacial score (nSPS) is 21.2. The van der Waals surface area contributed by atoms with Crippen LogP contribution in [-0.4, -0.2) is 32.9 Å². The molecule has 2 heterocycles. The van der Waals surface area contributed by atoms with Gasteiger partial charge in [0, 0.05) is 43.9 Å². The summed E-state index contributed by atoms with van der Waals surface area (Å²) in [7, 11) is 0. The van der Waals surface area contributed by atoms with Crippen LogP contribution in [0.1, 0.15) is 19.3 Å². The van der Waals surface area contributed by atoms with Crippen LogP contribution < -0.4 is 0 Å². The molecule has 6 heteroatoms. The Morgan fingerprint density at radius 3 is 2.91 bits per heavy atom. The highest BCUT2D eigenvalue weighted by Gasteiger charge is 2.39. The lowest BCUT2D eigenvalue weighted by molar-refractivity contribution is -0.128. The topological polar surface area (TPSA) is 38.1 Å². The maximum absolute atomic E-state index is 14.1. The molecule has 2 aliphatic rings. The summed E-state index contributed by atoms with van der Waals surface area (Å²) in [5, 5.41) is 0.347. The SMILES string of the molecule is O=C1CC(Cn2ccnc2-c2c(F)cccc2Cl)CN1C1CC1. The monoisotopic (exact) mass is 333 g/mol. The average Bonchev–Trinajstić information content (AvgIpc) is 3.15. The summed E-state index contributed by atoms with van der Waals surface area (Å²) in [6.45, 7) is 1.43. The van der Waals surface area contributed by atoms with Gasteiger partial charge in [-0.25, -0.2) is 9.37 Å². The van der Waals surface area contributed by atoms with Gasteiger partial charge in [0.2, 0.25) is 5.91 Å². The van der Waals surface area contributed by atoms with E-state index in [-0.39, 0.29) is 17.6 Å². The van der Waals surface area contributed by atoms with E-state index >= 15 is 0 Å². The first-order valence-electron chi connectivity index (χ1n) is 7.88. The van der Waals surface area contributed by atoms with Crippen molar-refractivity contribution in [1.82, 2.24) is 14.5 Å². The Morgan fingerprint density at radius 1 is 1.35 bits per heavy atom. The maximum Gasteiger partial charge on any atom is 0.223 e. The smallest absolute Gasteiger partial charge is 0.223 e. The third-order valence-corrected chi connectivity index (χ3v) is 4.90. The van der Waals surface area contributed by atoms with Gasteiger partial charge >= 0.3 is 0 Å². The van der Waals surface area contributed by atoms with Crippen LogP contribution in [-0.2, 0) is 11.3 Å². The first-order valence-corrected chi connectivity index (χ1v) is 8.26. The highest BCUT2D eigenvalue weighted by Crippen LogP contribution is 2.34. The Bertz CT molecular complexity index is 736. The maximum atomic E-state index is 14.1. The van der Waals surface area contributed by atoms with Crippen LogP contribution in [0.25, 0.3) is 11.4 Å². The molecule has 0 spiro atoms. The number of hydrogen-bond acceptors (Lipinski definition) is 2. The molecule has 1 saturated carbocycles. The number of aromatic nitrogens is 2. The van der Waals surface area contributed by atoms with E-state index in [0.717, 1.165) is 19.4 Å². The molecular weight excluding hydrogens is 317 g/mol. The van der Waals surface area contributed by atoms with Crippen molar-refractivity contribution in [2.24, 2.45) is 5.92 Å². The number of rotatable bonds is 4. The molecule has 2 fully saturated rings. The fourth-order valence-electron chi connectivity index (χ4n) is 3.34. The van der Waals surface area contributed by atoms with Crippen LogP contribution in [0.2, 0.25) is 5.02 Å². The van der Waals surface area contributed by atoms with E-state index in [9.17, 15) is 9.18 Å². The van der Waals surface area contributed by atoms with E-state index < -0.39 is 0 Å². The molecule has 1 aliphatic heterocycles. The lowest BCUT2D eigenvalue weighted by Crippen LogP contribution is -2.27. The minimum Gasteiger partial charge on any atom is -0.339 e. The third-order valence-electron chi connectivity index (χ3n) is 4.58. The summed E-state index contributed by atoms with van der Waals surface area (Å²) in [6, 6.07) is 5.08. The van der Waals surface area contributed by atoms with Gasteiger partial charge in [-0.15, -0.1) is 0 Å². The highest BCUT2D eigenvalue weighted by molar-refractivity contribution is 6.33. The number of amides is 1. The molecule has 1 saturated heterocycles. The van der Waals surface area contributed by atoms with E-state index in [2.05, 4.69) is 4.98 Å². The number of likely N-dealkylation sites (tertiary alicyclic amines) is 1. The summed E-state index contributed by atoms with van der Waals surface area (Å²) < 4.78 is 16.0. The Labute approximate surface area is 138 Å². The first kappa shape index (κ1) is 14.7. The molecule has 4 nitrogen and oxygen atoms in total. The van der Waals surface area contributed by atoms with E-state index in [1.165, 1.54) is 6.07 Å². The second-order valence-electron chi connectivity index (χ2n) is 6.35. The van der Waals surface area contributed by atoms with Gasteiger partial charge in [0.25, 0.3) is 0 Å². The Hall–Kier alpha value is -1.88. The van der Waals surface area contributed by atoms with Gasteiger partial charge in [0.05, 0.1) is 10.6 Å². The largest absolute Gasteiger partial charge is 0.339 e. The van der Waals surface area contributed by atoms with Crippen molar-refractivity contribution in [2.45, 2.75) is 31.8 Å². The predicted octanol–water partition coefficient (Wildman–Crippen LogP) is 3.35. The van der Waals surface area contributed by atoms with Gasteiger partial charge < -0.3 is 9.47 Å². The summed E-state index contributed by atoms with van der Waals surface area (Å²) >= 11 is 6.15. The minimum atomic E-state index is -0.382.